The SMILES string of the molecule is Cl.Oc1cccc(CNCc2cncnc2)c1. The van der Waals surface area contributed by atoms with Crippen LogP contribution in [0.3, 0.4) is 0 Å². The van der Waals surface area contributed by atoms with Crippen molar-refractivity contribution >= 4 is 12.4 Å². The number of halogens is 1. The van der Waals surface area contributed by atoms with Crippen LogP contribution in [0.5, 0.6) is 5.75 Å². The molecule has 0 amide bonds. The molecule has 0 aliphatic carbocycles. The first-order valence-corrected chi connectivity index (χ1v) is 5.07. The molecule has 1 heterocycles. The van der Waals surface area contributed by atoms with E-state index < -0.39 is 0 Å². The van der Waals surface area contributed by atoms with Crippen molar-refractivity contribution in [2.24, 2.45) is 0 Å². The van der Waals surface area contributed by atoms with E-state index >= 15 is 0 Å². The fourth-order valence-corrected chi connectivity index (χ4v) is 1.44. The molecule has 0 bridgehead atoms. The van der Waals surface area contributed by atoms with Gasteiger partial charge in [-0.2, -0.15) is 0 Å². The van der Waals surface area contributed by atoms with Crippen molar-refractivity contribution in [1.29, 1.82) is 0 Å². The van der Waals surface area contributed by atoms with Crippen molar-refractivity contribution in [3.63, 3.8) is 0 Å². The number of nitrogens with one attached hydrogen (secondary N) is 1. The quantitative estimate of drug-likeness (QED) is 0.871. The van der Waals surface area contributed by atoms with Gasteiger partial charge in [-0.3, -0.25) is 0 Å². The van der Waals surface area contributed by atoms with E-state index in [0.29, 0.717) is 12.3 Å². The first-order chi connectivity index (χ1) is 7.84. The van der Waals surface area contributed by atoms with Crippen LogP contribution in [0.25, 0.3) is 0 Å². The molecule has 0 unspecified atom stereocenters. The van der Waals surface area contributed by atoms with Crippen molar-refractivity contribution in [3.05, 3.63) is 54.1 Å². The largest absolute Gasteiger partial charge is 0.508 e. The van der Waals surface area contributed by atoms with Gasteiger partial charge in [0.1, 0.15) is 12.1 Å². The molecule has 0 aliphatic rings. The van der Waals surface area contributed by atoms with E-state index in [9.17, 15) is 5.11 Å². The van der Waals surface area contributed by atoms with Gasteiger partial charge in [-0.25, -0.2) is 9.97 Å². The second-order valence-corrected chi connectivity index (χ2v) is 3.52. The highest BCUT2D eigenvalue weighted by Crippen LogP contribution is 2.10. The van der Waals surface area contributed by atoms with Gasteiger partial charge in [0, 0.05) is 31.0 Å². The molecule has 0 atom stereocenters. The van der Waals surface area contributed by atoms with Crippen molar-refractivity contribution in [3.8, 4) is 5.75 Å². The fourth-order valence-electron chi connectivity index (χ4n) is 1.44. The smallest absolute Gasteiger partial charge is 0.115 e. The minimum absolute atomic E-state index is 0. The van der Waals surface area contributed by atoms with E-state index in [2.05, 4.69) is 15.3 Å². The van der Waals surface area contributed by atoms with Crippen molar-refractivity contribution in [1.82, 2.24) is 15.3 Å². The highest BCUT2D eigenvalue weighted by Gasteiger charge is 1.95. The lowest BCUT2D eigenvalue weighted by Gasteiger charge is -2.04. The van der Waals surface area contributed by atoms with Gasteiger partial charge in [-0.1, -0.05) is 12.1 Å². The van der Waals surface area contributed by atoms with Crippen molar-refractivity contribution < 1.29 is 5.11 Å². The van der Waals surface area contributed by atoms with E-state index in [4.69, 9.17) is 0 Å². The average molecular weight is 252 g/mol. The Morgan fingerprint density at radius 1 is 1.06 bits per heavy atom. The van der Waals surface area contributed by atoms with E-state index in [1.165, 1.54) is 6.33 Å². The fraction of sp³-hybridized carbons (Fsp3) is 0.167. The lowest BCUT2D eigenvalue weighted by Crippen LogP contribution is -2.12. The zero-order valence-electron chi connectivity index (χ0n) is 9.21. The molecule has 0 radical (unpaired) electrons. The third-order valence-electron chi connectivity index (χ3n) is 2.18. The average Bonchev–Trinajstić information content (AvgIpc) is 2.30. The zero-order chi connectivity index (χ0) is 11.2. The van der Waals surface area contributed by atoms with Gasteiger partial charge in [0.15, 0.2) is 0 Å². The monoisotopic (exact) mass is 251 g/mol. The number of hydrogen-bond acceptors (Lipinski definition) is 4. The molecular formula is C12H14ClN3O. The maximum atomic E-state index is 9.28. The first-order valence-electron chi connectivity index (χ1n) is 5.07. The van der Waals surface area contributed by atoms with E-state index in [1.54, 1.807) is 24.5 Å². The summed E-state index contributed by atoms with van der Waals surface area (Å²) in [6.07, 6.45) is 5.07. The number of phenolic OH excluding ortho intramolecular Hbond substituents is 1. The van der Waals surface area contributed by atoms with Crippen molar-refractivity contribution in [2.45, 2.75) is 13.1 Å². The molecule has 0 spiro atoms. The topological polar surface area (TPSA) is 58.0 Å². The second-order valence-electron chi connectivity index (χ2n) is 3.52. The number of rotatable bonds is 4. The summed E-state index contributed by atoms with van der Waals surface area (Å²) in [4.78, 5) is 7.87. The van der Waals surface area contributed by atoms with Crippen LogP contribution in [0.2, 0.25) is 0 Å². The van der Waals surface area contributed by atoms with Crippen LogP contribution in [0.4, 0.5) is 0 Å². The van der Waals surface area contributed by atoms with Gasteiger partial charge in [-0.15, -0.1) is 12.4 Å². The number of nitrogens with zero attached hydrogens (tertiary/aromatic N) is 2. The molecule has 2 N–H and O–H groups in total. The highest BCUT2D eigenvalue weighted by molar-refractivity contribution is 5.85. The third kappa shape index (κ3) is 4.38. The molecule has 4 nitrogen and oxygen atoms in total. The second kappa shape index (κ2) is 6.83. The highest BCUT2D eigenvalue weighted by atomic mass is 35.5. The number of benzene rings is 1. The molecule has 17 heavy (non-hydrogen) atoms. The molecule has 1 aromatic carbocycles. The van der Waals surface area contributed by atoms with Gasteiger partial charge in [0.2, 0.25) is 0 Å². The Balaban J connectivity index is 0.00000144. The van der Waals surface area contributed by atoms with Crippen LogP contribution in [-0.2, 0) is 13.1 Å². The summed E-state index contributed by atoms with van der Waals surface area (Å²) in [6.45, 7) is 1.43. The van der Waals surface area contributed by atoms with Gasteiger partial charge in [0.05, 0.1) is 0 Å². The molecule has 5 heteroatoms. The van der Waals surface area contributed by atoms with E-state index in [0.717, 1.165) is 17.7 Å². The number of hydrogen-bond donors (Lipinski definition) is 2. The summed E-state index contributed by atoms with van der Waals surface area (Å²) in [5, 5.41) is 12.5. The molecule has 2 aromatic rings. The number of aromatic hydroxyl groups is 1. The standard InChI is InChI=1S/C12H13N3O.ClH/c16-12-3-1-2-10(4-12)5-13-6-11-7-14-9-15-8-11;/h1-4,7-9,13,16H,5-6H2;1H. The minimum Gasteiger partial charge on any atom is -0.508 e. The molecule has 0 saturated heterocycles. The van der Waals surface area contributed by atoms with Gasteiger partial charge in [-0.05, 0) is 17.7 Å². The minimum atomic E-state index is 0. The van der Waals surface area contributed by atoms with Gasteiger partial charge < -0.3 is 10.4 Å². The lowest BCUT2D eigenvalue weighted by molar-refractivity contribution is 0.474. The number of phenols is 1. The molecule has 0 aliphatic heterocycles. The number of aromatic nitrogens is 2. The Labute approximate surface area is 106 Å². The normalized spacial score (nSPS) is 9.65. The van der Waals surface area contributed by atoms with E-state index in [1.807, 2.05) is 12.1 Å². The van der Waals surface area contributed by atoms with Gasteiger partial charge in [0.25, 0.3) is 0 Å². The summed E-state index contributed by atoms with van der Waals surface area (Å²) in [5.74, 6) is 0.294. The summed E-state index contributed by atoms with van der Waals surface area (Å²) >= 11 is 0. The predicted molar refractivity (Wildman–Crippen MR) is 67.9 cm³/mol. The Morgan fingerprint density at radius 3 is 2.47 bits per heavy atom. The van der Waals surface area contributed by atoms with E-state index in [-0.39, 0.29) is 12.4 Å². The maximum absolute atomic E-state index is 9.28. The van der Waals surface area contributed by atoms with Gasteiger partial charge >= 0.3 is 0 Å². The molecule has 0 fully saturated rings. The van der Waals surface area contributed by atoms with Crippen LogP contribution in [0, 0.1) is 0 Å². The summed E-state index contributed by atoms with van der Waals surface area (Å²) in [7, 11) is 0. The molecule has 0 saturated carbocycles. The Bertz CT molecular complexity index is 451. The molecule has 1 aromatic heterocycles. The van der Waals surface area contributed by atoms with Crippen molar-refractivity contribution in [2.75, 3.05) is 0 Å². The summed E-state index contributed by atoms with van der Waals surface area (Å²) < 4.78 is 0. The van der Waals surface area contributed by atoms with Crippen LogP contribution >= 0.6 is 12.4 Å². The van der Waals surface area contributed by atoms with Crippen LogP contribution in [-0.4, -0.2) is 15.1 Å². The molecular weight excluding hydrogens is 238 g/mol. The maximum Gasteiger partial charge on any atom is 0.115 e. The molecule has 2 rings (SSSR count). The summed E-state index contributed by atoms with van der Waals surface area (Å²) in [5.41, 5.74) is 2.10. The molecule has 90 valence electrons. The Kier molecular flexibility index (Phi) is 5.39. The Morgan fingerprint density at radius 2 is 1.76 bits per heavy atom. The van der Waals surface area contributed by atoms with Crippen LogP contribution in [0.15, 0.2) is 43.0 Å². The zero-order valence-corrected chi connectivity index (χ0v) is 10.0. The summed E-state index contributed by atoms with van der Waals surface area (Å²) in [6, 6.07) is 7.20. The first kappa shape index (κ1) is 13.4. The third-order valence-corrected chi connectivity index (χ3v) is 2.18. The van der Waals surface area contributed by atoms with Crippen LogP contribution in [0.1, 0.15) is 11.1 Å². The van der Waals surface area contributed by atoms with Crippen LogP contribution < -0.4 is 5.32 Å². The predicted octanol–water partition coefficient (Wildman–Crippen LogP) is 1.89. The lowest BCUT2D eigenvalue weighted by atomic mass is 10.2. The Hall–Kier alpha value is -1.65.